The summed E-state index contributed by atoms with van der Waals surface area (Å²) in [7, 11) is 1.91. The highest BCUT2D eigenvalue weighted by Crippen LogP contribution is 2.24. The number of hydrogen-bond donors (Lipinski definition) is 0. The number of hydrogen-bond acceptors (Lipinski definition) is 5. The molecular formula is C18H17N5O2. The van der Waals surface area contributed by atoms with Gasteiger partial charge in [0, 0.05) is 19.4 Å². The highest BCUT2D eigenvalue weighted by molar-refractivity contribution is 5.97. The number of imidazole rings is 1. The Labute approximate surface area is 143 Å². The van der Waals surface area contributed by atoms with E-state index in [1.165, 1.54) is 0 Å². The smallest absolute Gasteiger partial charge is 0.344 e. The van der Waals surface area contributed by atoms with E-state index in [2.05, 4.69) is 15.1 Å². The topological polar surface area (TPSA) is 74.3 Å². The molecule has 3 aromatic heterocycles. The standard InChI is InChI=1S/C18H17N5O2/c1-11-15(17-19-9-6-10-23(17)21-11)18(24)25-12(2)16-20-13-7-4-5-8-14(13)22(16)3/h4-10,12H,1-3H3. The number of carbonyl (C=O) groups is 1. The molecule has 0 aliphatic carbocycles. The molecular weight excluding hydrogens is 318 g/mol. The van der Waals surface area contributed by atoms with Gasteiger partial charge in [0.05, 0.1) is 16.7 Å². The number of para-hydroxylation sites is 2. The Morgan fingerprint density at radius 2 is 2.04 bits per heavy atom. The lowest BCUT2D eigenvalue weighted by molar-refractivity contribution is 0.0316. The second kappa shape index (κ2) is 5.70. The van der Waals surface area contributed by atoms with Gasteiger partial charge in [-0.2, -0.15) is 5.10 Å². The number of carbonyl (C=O) groups excluding carboxylic acids is 1. The van der Waals surface area contributed by atoms with Crippen LogP contribution in [-0.4, -0.2) is 30.1 Å². The van der Waals surface area contributed by atoms with Crippen molar-refractivity contribution < 1.29 is 9.53 Å². The Hall–Kier alpha value is -3.22. The maximum atomic E-state index is 12.7. The van der Waals surface area contributed by atoms with Crippen LogP contribution >= 0.6 is 0 Å². The highest BCUT2D eigenvalue weighted by Gasteiger charge is 2.24. The van der Waals surface area contributed by atoms with Crippen LogP contribution in [0.25, 0.3) is 16.7 Å². The molecule has 0 bridgehead atoms. The summed E-state index contributed by atoms with van der Waals surface area (Å²) in [5.41, 5.74) is 3.32. The molecule has 1 atom stereocenters. The van der Waals surface area contributed by atoms with E-state index in [0.717, 1.165) is 11.0 Å². The van der Waals surface area contributed by atoms with Crippen LogP contribution in [0.5, 0.6) is 0 Å². The van der Waals surface area contributed by atoms with Crippen molar-refractivity contribution in [3.63, 3.8) is 0 Å². The third-order valence-electron chi connectivity index (χ3n) is 4.24. The van der Waals surface area contributed by atoms with E-state index in [-0.39, 0.29) is 0 Å². The quantitative estimate of drug-likeness (QED) is 0.538. The summed E-state index contributed by atoms with van der Waals surface area (Å²) in [6, 6.07) is 9.57. The molecule has 3 heterocycles. The van der Waals surface area contributed by atoms with Gasteiger partial charge >= 0.3 is 5.97 Å². The molecule has 25 heavy (non-hydrogen) atoms. The second-order valence-corrected chi connectivity index (χ2v) is 5.91. The van der Waals surface area contributed by atoms with Crippen LogP contribution in [-0.2, 0) is 11.8 Å². The fourth-order valence-corrected chi connectivity index (χ4v) is 3.04. The fourth-order valence-electron chi connectivity index (χ4n) is 3.04. The van der Waals surface area contributed by atoms with Crippen molar-refractivity contribution >= 4 is 22.6 Å². The van der Waals surface area contributed by atoms with Gasteiger partial charge in [0.1, 0.15) is 5.56 Å². The minimum Gasteiger partial charge on any atom is -0.451 e. The van der Waals surface area contributed by atoms with E-state index >= 15 is 0 Å². The van der Waals surface area contributed by atoms with Crippen LogP contribution in [0.1, 0.15) is 34.9 Å². The predicted molar refractivity (Wildman–Crippen MR) is 92.3 cm³/mol. The molecule has 0 saturated heterocycles. The summed E-state index contributed by atoms with van der Waals surface area (Å²) in [4.78, 5) is 21.5. The first kappa shape index (κ1) is 15.3. The van der Waals surface area contributed by atoms with Gasteiger partial charge in [-0.25, -0.2) is 19.3 Å². The largest absolute Gasteiger partial charge is 0.451 e. The van der Waals surface area contributed by atoms with Crippen molar-refractivity contribution in [2.75, 3.05) is 0 Å². The average molecular weight is 335 g/mol. The Kier molecular flexibility index (Phi) is 3.49. The maximum absolute atomic E-state index is 12.7. The van der Waals surface area contributed by atoms with Gasteiger partial charge in [-0.1, -0.05) is 12.1 Å². The molecule has 0 radical (unpaired) electrons. The number of fused-ring (bicyclic) bond motifs is 2. The zero-order chi connectivity index (χ0) is 17.6. The Bertz CT molecular complexity index is 1100. The minimum atomic E-state index is -0.497. The minimum absolute atomic E-state index is 0.381. The van der Waals surface area contributed by atoms with Crippen molar-refractivity contribution in [2.24, 2.45) is 7.05 Å². The first-order valence-electron chi connectivity index (χ1n) is 7.98. The van der Waals surface area contributed by atoms with Gasteiger partial charge in [0.15, 0.2) is 17.6 Å². The number of rotatable bonds is 3. The summed E-state index contributed by atoms with van der Waals surface area (Å²) in [6.45, 7) is 3.58. The molecule has 7 heteroatoms. The van der Waals surface area contributed by atoms with E-state index < -0.39 is 12.1 Å². The second-order valence-electron chi connectivity index (χ2n) is 5.91. The first-order valence-corrected chi connectivity index (χ1v) is 7.98. The molecule has 7 nitrogen and oxygen atoms in total. The molecule has 0 spiro atoms. The Morgan fingerprint density at radius 3 is 2.84 bits per heavy atom. The van der Waals surface area contributed by atoms with Crippen molar-refractivity contribution in [3.8, 4) is 0 Å². The van der Waals surface area contributed by atoms with Crippen molar-refractivity contribution in [3.05, 3.63) is 59.8 Å². The monoisotopic (exact) mass is 335 g/mol. The van der Waals surface area contributed by atoms with Crippen molar-refractivity contribution in [2.45, 2.75) is 20.0 Å². The lowest BCUT2D eigenvalue weighted by Crippen LogP contribution is -2.13. The van der Waals surface area contributed by atoms with Crippen LogP contribution in [0, 0.1) is 6.92 Å². The number of ether oxygens (including phenoxy) is 1. The molecule has 126 valence electrons. The lowest BCUT2D eigenvalue weighted by Gasteiger charge is -2.13. The Balaban J connectivity index is 1.67. The van der Waals surface area contributed by atoms with E-state index in [0.29, 0.717) is 22.7 Å². The van der Waals surface area contributed by atoms with Crippen LogP contribution in [0.4, 0.5) is 0 Å². The summed E-state index contributed by atoms with van der Waals surface area (Å²) in [5, 5.41) is 4.30. The maximum Gasteiger partial charge on any atom is 0.344 e. The van der Waals surface area contributed by atoms with E-state index in [9.17, 15) is 4.79 Å². The molecule has 0 amide bonds. The lowest BCUT2D eigenvalue weighted by atomic mass is 10.2. The molecule has 0 saturated carbocycles. The SMILES string of the molecule is Cc1nn2cccnc2c1C(=O)OC(C)c1nc2ccccc2n1C. The number of benzene rings is 1. The zero-order valence-electron chi connectivity index (χ0n) is 14.2. The third kappa shape index (κ3) is 2.44. The van der Waals surface area contributed by atoms with Crippen LogP contribution in [0.15, 0.2) is 42.7 Å². The molecule has 0 fully saturated rings. The molecule has 0 aliphatic rings. The van der Waals surface area contributed by atoms with Gasteiger partial charge in [-0.3, -0.25) is 0 Å². The number of nitrogens with zero attached hydrogens (tertiary/aromatic N) is 5. The summed E-state index contributed by atoms with van der Waals surface area (Å²) in [5.74, 6) is 0.238. The molecule has 0 aliphatic heterocycles. The van der Waals surface area contributed by atoms with Crippen LogP contribution < -0.4 is 0 Å². The van der Waals surface area contributed by atoms with Gasteiger partial charge in [-0.15, -0.1) is 0 Å². The third-order valence-corrected chi connectivity index (χ3v) is 4.24. The fraction of sp³-hybridized carbons (Fsp3) is 0.222. The van der Waals surface area contributed by atoms with E-state index in [1.807, 2.05) is 42.8 Å². The molecule has 1 unspecified atom stereocenters. The summed E-state index contributed by atoms with van der Waals surface area (Å²) >= 11 is 0. The molecule has 1 aromatic carbocycles. The molecule has 4 rings (SSSR count). The highest BCUT2D eigenvalue weighted by atomic mass is 16.5. The molecule has 4 aromatic rings. The van der Waals surface area contributed by atoms with E-state index in [1.54, 1.807) is 29.9 Å². The Morgan fingerprint density at radius 1 is 1.24 bits per heavy atom. The zero-order valence-corrected chi connectivity index (χ0v) is 14.2. The molecule has 0 N–H and O–H groups in total. The van der Waals surface area contributed by atoms with Gasteiger partial charge in [0.2, 0.25) is 0 Å². The van der Waals surface area contributed by atoms with Gasteiger partial charge in [-0.05, 0) is 32.0 Å². The van der Waals surface area contributed by atoms with Gasteiger partial charge in [0.25, 0.3) is 0 Å². The van der Waals surface area contributed by atoms with Crippen molar-refractivity contribution in [1.29, 1.82) is 0 Å². The van der Waals surface area contributed by atoms with Crippen LogP contribution in [0.2, 0.25) is 0 Å². The average Bonchev–Trinajstić information content (AvgIpc) is 3.11. The number of esters is 1. The van der Waals surface area contributed by atoms with Gasteiger partial charge < -0.3 is 9.30 Å². The number of aryl methyl sites for hydroxylation is 2. The summed E-state index contributed by atoms with van der Waals surface area (Å²) < 4.78 is 9.18. The normalized spacial score (nSPS) is 12.6. The predicted octanol–water partition coefficient (Wildman–Crippen LogP) is 2.84. The first-order chi connectivity index (χ1) is 12.1. The summed E-state index contributed by atoms with van der Waals surface area (Å²) in [6.07, 6.45) is 2.88. The number of aromatic nitrogens is 5. The van der Waals surface area contributed by atoms with Crippen molar-refractivity contribution in [1.82, 2.24) is 24.1 Å². The van der Waals surface area contributed by atoms with E-state index in [4.69, 9.17) is 4.74 Å². The van der Waals surface area contributed by atoms with Crippen LogP contribution in [0.3, 0.4) is 0 Å².